The van der Waals surface area contributed by atoms with Crippen LogP contribution < -0.4 is 4.74 Å². The lowest BCUT2D eigenvalue weighted by Gasteiger charge is -2.02. The van der Waals surface area contributed by atoms with Crippen molar-refractivity contribution < 1.29 is 4.74 Å². The highest BCUT2D eigenvalue weighted by Gasteiger charge is 2.01. The summed E-state index contributed by atoms with van der Waals surface area (Å²) in [7, 11) is 1.55. The monoisotopic (exact) mass is 201 g/mol. The minimum Gasteiger partial charge on any atom is -0.467 e. The van der Waals surface area contributed by atoms with Crippen LogP contribution in [0.3, 0.4) is 0 Å². The fourth-order valence-corrected chi connectivity index (χ4v) is 1.22. The van der Waals surface area contributed by atoms with Crippen molar-refractivity contribution in [3.8, 4) is 17.3 Å². The van der Waals surface area contributed by atoms with E-state index in [2.05, 4.69) is 15.0 Å². The highest BCUT2D eigenvalue weighted by atomic mass is 16.5. The summed E-state index contributed by atoms with van der Waals surface area (Å²) in [6.45, 7) is 1.95. The maximum atomic E-state index is 4.96. The number of aryl methyl sites for hydroxylation is 1. The molecular weight excluding hydrogens is 190 g/mol. The van der Waals surface area contributed by atoms with Crippen molar-refractivity contribution in [1.82, 2.24) is 15.0 Å². The predicted molar refractivity (Wildman–Crippen MR) is 56.6 cm³/mol. The predicted octanol–water partition coefficient (Wildman–Crippen LogP) is 1.86. The largest absolute Gasteiger partial charge is 0.467 e. The zero-order valence-corrected chi connectivity index (χ0v) is 8.64. The molecule has 0 spiro atoms. The van der Waals surface area contributed by atoms with Crippen LogP contribution in [0.2, 0.25) is 0 Å². The van der Waals surface area contributed by atoms with E-state index in [0.29, 0.717) is 6.01 Å². The van der Waals surface area contributed by atoms with Gasteiger partial charge in [-0.1, -0.05) is 0 Å². The Morgan fingerprint density at radius 3 is 2.67 bits per heavy atom. The number of hydrogen-bond donors (Lipinski definition) is 0. The average Bonchev–Trinajstić information content (AvgIpc) is 2.30. The molecule has 0 fully saturated rings. The van der Waals surface area contributed by atoms with Gasteiger partial charge in [0.25, 0.3) is 0 Å². The van der Waals surface area contributed by atoms with Crippen LogP contribution in [0.1, 0.15) is 5.69 Å². The lowest BCUT2D eigenvalue weighted by Crippen LogP contribution is -1.93. The minimum absolute atomic E-state index is 0.369. The third kappa shape index (κ3) is 2.10. The number of nitrogens with zero attached hydrogens (tertiary/aromatic N) is 3. The van der Waals surface area contributed by atoms with E-state index >= 15 is 0 Å². The van der Waals surface area contributed by atoms with Gasteiger partial charge in [-0.2, -0.15) is 4.98 Å². The molecule has 4 nitrogen and oxygen atoms in total. The molecule has 0 aliphatic heterocycles. The Labute approximate surface area is 88.0 Å². The fraction of sp³-hybridized carbons (Fsp3) is 0.182. The Kier molecular flexibility index (Phi) is 2.58. The van der Waals surface area contributed by atoms with Gasteiger partial charge in [0.1, 0.15) is 0 Å². The second kappa shape index (κ2) is 4.04. The van der Waals surface area contributed by atoms with Gasteiger partial charge in [-0.25, -0.2) is 4.98 Å². The van der Waals surface area contributed by atoms with Crippen LogP contribution in [-0.2, 0) is 0 Å². The molecule has 2 heterocycles. The second-order valence-corrected chi connectivity index (χ2v) is 3.12. The van der Waals surface area contributed by atoms with Crippen LogP contribution in [0.4, 0.5) is 0 Å². The molecule has 4 heteroatoms. The Morgan fingerprint density at radius 2 is 2.00 bits per heavy atom. The number of methoxy groups -OCH3 is 1. The molecule has 2 aromatic heterocycles. The molecule has 0 aromatic carbocycles. The van der Waals surface area contributed by atoms with Crippen molar-refractivity contribution in [3.05, 3.63) is 36.3 Å². The van der Waals surface area contributed by atoms with Crippen LogP contribution in [0, 0.1) is 6.92 Å². The Balaban J connectivity index is 2.40. The summed E-state index contributed by atoms with van der Waals surface area (Å²) in [5, 5.41) is 0. The second-order valence-electron chi connectivity index (χ2n) is 3.12. The van der Waals surface area contributed by atoms with E-state index in [1.54, 1.807) is 19.5 Å². The molecule has 0 unspecified atom stereocenters. The molecule has 0 saturated heterocycles. The molecule has 76 valence electrons. The summed E-state index contributed by atoms with van der Waals surface area (Å²) < 4.78 is 4.96. The topological polar surface area (TPSA) is 47.9 Å². The Morgan fingerprint density at radius 1 is 1.13 bits per heavy atom. The van der Waals surface area contributed by atoms with Gasteiger partial charge < -0.3 is 4.74 Å². The molecule has 2 rings (SSSR count). The summed E-state index contributed by atoms with van der Waals surface area (Å²) >= 11 is 0. The van der Waals surface area contributed by atoms with Gasteiger partial charge in [0, 0.05) is 23.7 Å². The van der Waals surface area contributed by atoms with Crippen molar-refractivity contribution >= 4 is 0 Å². The molecule has 0 radical (unpaired) electrons. The number of ether oxygens (including phenoxy) is 1. The third-order valence-corrected chi connectivity index (χ3v) is 2.02. The van der Waals surface area contributed by atoms with Crippen molar-refractivity contribution in [2.24, 2.45) is 0 Å². The number of aromatic nitrogens is 3. The maximum absolute atomic E-state index is 4.96. The zero-order chi connectivity index (χ0) is 10.7. The Hall–Kier alpha value is -1.97. The first-order chi connectivity index (χ1) is 7.29. The molecule has 0 bridgehead atoms. The lowest BCUT2D eigenvalue weighted by atomic mass is 10.2. The summed E-state index contributed by atoms with van der Waals surface area (Å²) in [5.41, 5.74) is 2.76. The fourth-order valence-electron chi connectivity index (χ4n) is 1.22. The van der Waals surface area contributed by atoms with Crippen molar-refractivity contribution in [1.29, 1.82) is 0 Å². The quantitative estimate of drug-likeness (QED) is 0.744. The number of hydrogen-bond acceptors (Lipinski definition) is 4. The van der Waals surface area contributed by atoms with Gasteiger partial charge in [0.15, 0.2) is 0 Å². The highest BCUT2D eigenvalue weighted by molar-refractivity contribution is 5.57. The molecule has 0 atom stereocenters. The van der Waals surface area contributed by atoms with Crippen molar-refractivity contribution in [3.63, 3.8) is 0 Å². The van der Waals surface area contributed by atoms with Gasteiger partial charge >= 0.3 is 6.01 Å². The molecule has 2 aromatic rings. The van der Waals surface area contributed by atoms with E-state index in [-0.39, 0.29) is 0 Å². The number of pyridine rings is 1. The van der Waals surface area contributed by atoms with Crippen LogP contribution in [0.5, 0.6) is 6.01 Å². The van der Waals surface area contributed by atoms with Gasteiger partial charge in [-0.3, -0.25) is 4.98 Å². The summed E-state index contributed by atoms with van der Waals surface area (Å²) in [5.74, 6) is 0. The first-order valence-electron chi connectivity index (χ1n) is 4.59. The van der Waals surface area contributed by atoms with Gasteiger partial charge in [-0.15, -0.1) is 0 Å². The summed E-state index contributed by atoms with van der Waals surface area (Å²) in [4.78, 5) is 12.4. The molecule has 0 aliphatic rings. The van der Waals surface area contributed by atoms with Crippen LogP contribution in [-0.4, -0.2) is 22.1 Å². The maximum Gasteiger partial charge on any atom is 0.316 e. The smallest absolute Gasteiger partial charge is 0.316 e. The molecule has 0 amide bonds. The van der Waals surface area contributed by atoms with Gasteiger partial charge in [0.05, 0.1) is 12.8 Å². The first kappa shape index (κ1) is 9.58. The van der Waals surface area contributed by atoms with Crippen LogP contribution >= 0.6 is 0 Å². The Bertz CT molecular complexity index is 454. The molecule has 0 N–H and O–H groups in total. The summed E-state index contributed by atoms with van der Waals surface area (Å²) in [6.07, 6.45) is 3.46. The minimum atomic E-state index is 0.369. The average molecular weight is 201 g/mol. The van der Waals surface area contributed by atoms with Crippen LogP contribution in [0.25, 0.3) is 11.3 Å². The molecule has 0 saturated carbocycles. The van der Waals surface area contributed by atoms with E-state index in [0.717, 1.165) is 17.0 Å². The first-order valence-corrected chi connectivity index (χ1v) is 4.59. The SMILES string of the molecule is COc1nccc(-c2ccc(C)nc2)n1. The van der Waals surface area contributed by atoms with E-state index in [1.165, 1.54) is 0 Å². The van der Waals surface area contributed by atoms with E-state index in [9.17, 15) is 0 Å². The van der Waals surface area contributed by atoms with Gasteiger partial charge in [0.2, 0.25) is 0 Å². The van der Waals surface area contributed by atoms with Crippen molar-refractivity contribution in [2.75, 3.05) is 7.11 Å². The van der Waals surface area contributed by atoms with E-state index in [4.69, 9.17) is 4.74 Å². The molecule has 0 aliphatic carbocycles. The number of rotatable bonds is 2. The van der Waals surface area contributed by atoms with Crippen molar-refractivity contribution in [2.45, 2.75) is 6.92 Å². The van der Waals surface area contributed by atoms with Crippen LogP contribution in [0.15, 0.2) is 30.6 Å². The van der Waals surface area contributed by atoms with E-state index < -0.39 is 0 Å². The molecular formula is C11H11N3O. The lowest BCUT2D eigenvalue weighted by molar-refractivity contribution is 0.380. The van der Waals surface area contributed by atoms with E-state index in [1.807, 2.05) is 25.1 Å². The highest BCUT2D eigenvalue weighted by Crippen LogP contribution is 2.16. The molecule has 15 heavy (non-hydrogen) atoms. The third-order valence-electron chi connectivity index (χ3n) is 2.02. The zero-order valence-electron chi connectivity index (χ0n) is 8.64. The van der Waals surface area contributed by atoms with Gasteiger partial charge in [-0.05, 0) is 25.1 Å². The summed E-state index contributed by atoms with van der Waals surface area (Å²) in [6, 6.07) is 6.12. The standard InChI is InChI=1S/C11H11N3O/c1-8-3-4-9(7-13-8)10-5-6-12-11(14-10)15-2/h3-7H,1-2H3. The normalized spacial score (nSPS) is 10.0.